The van der Waals surface area contributed by atoms with E-state index in [1.807, 2.05) is 0 Å². The first kappa shape index (κ1) is 16.9. The van der Waals surface area contributed by atoms with E-state index in [9.17, 15) is 9.18 Å². The summed E-state index contributed by atoms with van der Waals surface area (Å²) in [6.45, 7) is 10.2. The van der Waals surface area contributed by atoms with Gasteiger partial charge in [0, 0.05) is 25.2 Å². The van der Waals surface area contributed by atoms with Gasteiger partial charge in [0.25, 0.3) is 5.91 Å². The summed E-state index contributed by atoms with van der Waals surface area (Å²) in [7, 11) is 0. The molecule has 3 nitrogen and oxygen atoms in total. The van der Waals surface area contributed by atoms with E-state index < -0.39 is 5.82 Å². The molecule has 1 aromatic carbocycles. The zero-order valence-electron chi connectivity index (χ0n) is 14.0. The van der Waals surface area contributed by atoms with Crippen molar-refractivity contribution in [1.29, 1.82) is 0 Å². The van der Waals surface area contributed by atoms with Crippen molar-refractivity contribution in [2.45, 2.75) is 52.6 Å². The molecule has 1 aromatic rings. The predicted molar refractivity (Wildman–Crippen MR) is 87.4 cm³/mol. The van der Waals surface area contributed by atoms with Crippen LogP contribution < -0.4 is 5.32 Å². The van der Waals surface area contributed by atoms with E-state index in [0.717, 1.165) is 12.8 Å². The Morgan fingerprint density at radius 1 is 1.27 bits per heavy atom. The molecule has 1 atom stereocenters. The van der Waals surface area contributed by atoms with Gasteiger partial charge >= 0.3 is 0 Å². The molecule has 122 valence electrons. The molecule has 1 aliphatic heterocycles. The van der Waals surface area contributed by atoms with Crippen LogP contribution >= 0.6 is 0 Å². The SMILES string of the molecule is CC(NC1CCN(C(=O)c2ccccc2F)CC1)C(C)(C)C. The van der Waals surface area contributed by atoms with Gasteiger partial charge in [0.2, 0.25) is 0 Å². The Bertz CT molecular complexity index is 516. The Labute approximate surface area is 132 Å². The first-order valence-electron chi connectivity index (χ1n) is 8.09. The maximum atomic E-state index is 13.7. The summed E-state index contributed by atoms with van der Waals surface area (Å²) < 4.78 is 13.7. The van der Waals surface area contributed by atoms with Crippen molar-refractivity contribution in [2.24, 2.45) is 5.41 Å². The standard InChI is InChI=1S/C18H27FN2O/c1-13(18(2,3)4)20-14-9-11-21(12-10-14)17(22)15-7-5-6-8-16(15)19/h5-8,13-14,20H,9-12H2,1-4H3. The lowest BCUT2D eigenvalue weighted by atomic mass is 9.87. The third kappa shape index (κ3) is 4.07. The molecule has 1 aliphatic rings. The lowest BCUT2D eigenvalue weighted by Crippen LogP contribution is -2.50. The second-order valence-electron chi connectivity index (χ2n) is 7.30. The Balaban J connectivity index is 1.90. The van der Waals surface area contributed by atoms with Gasteiger partial charge in [-0.05, 0) is 37.3 Å². The van der Waals surface area contributed by atoms with Crippen molar-refractivity contribution in [3.63, 3.8) is 0 Å². The number of rotatable bonds is 3. The Morgan fingerprint density at radius 3 is 2.41 bits per heavy atom. The minimum Gasteiger partial charge on any atom is -0.338 e. The Hall–Kier alpha value is -1.42. The fourth-order valence-electron chi connectivity index (χ4n) is 2.66. The molecule has 2 rings (SSSR count). The highest BCUT2D eigenvalue weighted by atomic mass is 19.1. The lowest BCUT2D eigenvalue weighted by molar-refractivity contribution is 0.0690. The van der Waals surface area contributed by atoms with Gasteiger partial charge in [-0.1, -0.05) is 32.9 Å². The molecule has 22 heavy (non-hydrogen) atoms. The van der Waals surface area contributed by atoms with Crippen LogP contribution in [0.5, 0.6) is 0 Å². The fourth-order valence-corrected chi connectivity index (χ4v) is 2.66. The second-order valence-corrected chi connectivity index (χ2v) is 7.30. The van der Waals surface area contributed by atoms with E-state index in [-0.39, 0.29) is 16.9 Å². The van der Waals surface area contributed by atoms with Crippen molar-refractivity contribution < 1.29 is 9.18 Å². The number of hydrogen-bond donors (Lipinski definition) is 1. The van der Waals surface area contributed by atoms with Crippen LogP contribution in [0.4, 0.5) is 4.39 Å². The monoisotopic (exact) mass is 306 g/mol. The first-order chi connectivity index (χ1) is 10.3. The zero-order chi connectivity index (χ0) is 16.3. The van der Waals surface area contributed by atoms with E-state index >= 15 is 0 Å². The molecule has 1 saturated heterocycles. The van der Waals surface area contributed by atoms with Crippen LogP contribution in [-0.4, -0.2) is 36.0 Å². The number of benzene rings is 1. The summed E-state index contributed by atoms with van der Waals surface area (Å²) in [6.07, 6.45) is 1.83. The summed E-state index contributed by atoms with van der Waals surface area (Å²) in [5, 5.41) is 3.66. The van der Waals surface area contributed by atoms with E-state index in [2.05, 4.69) is 33.0 Å². The minimum absolute atomic E-state index is 0.178. The first-order valence-corrected chi connectivity index (χ1v) is 8.09. The molecule has 0 bridgehead atoms. The molecule has 1 fully saturated rings. The van der Waals surface area contributed by atoms with Gasteiger partial charge in [0.05, 0.1) is 5.56 Å². The molecule has 0 radical (unpaired) electrons. The summed E-state index contributed by atoms with van der Waals surface area (Å²) >= 11 is 0. The van der Waals surface area contributed by atoms with Crippen molar-refractivity contribution in [2.75, 3.05) is 13.1 Å². The van der Waals surface area contributed by atoms with Crippen molar-refractivity contribution in [3.8, 4) is 0 Å². The Morgan fingerprint density at radius 2 is 1.86 bits per heavy atom. The van der Waals surface area contributed by atoms with Crippen LogP contribution in [0.2, 0.25) is 0 Å². The number of carbonyl (C=O) groups is 1. The van der Waals surface area contributed by atoms with E-state index in [0.29, 0.717) is 25.2 Å². The molecule has 0 spiro atoms. The van der Waals surface area contributed by atoms with Crippen molar-refractivity contribution >= 4 is 5.91 Å². The van der Waals surface area contributed by atoms with Gasteiger partial charge in [0.15, 0.2) is 0 Å². The number of piperidine rings is 1. The number of nitrogens with one attached hydrogen (secondary N) is 1. The maximum absolute atomic E-state index is 13.7. The normalized spacial score (nSPS) is 18.3. The number of halogens is 1. The van der Waals surface area contributed by atoms with Gasteiger partial charge < -0.3 is 10.2 Å². The Kier molecular flexibility index (Phi) is 5.22. The molecule has 1 N–H and O–H groups in total. The minimum atomic E-state index is -0.436. The largest absolute Gasteiger partial charge is 0.338 e. The average Bonchev–Trinajstić information content (AvgIpc) is 2.47. The number of amides is 1. The van der Waals surface area contributed by atoms with Gasteiger partial charge in [-0.15, -0.1) is 0 Å². The fraction of sp³-hybridized carbons (Fsp3) is 0.611. The topological polar surface area (TPSA) is 32.3 Å². The zero-order valence-corrected chi connectivity index (χ0v) is 14.0. The highest BCUT2D eigenvalue weighted by Crippen LogP contribution is 2.22. The molecule has 4 heteroatoms. The number of hydrogen-bond acceptors (Lipinski definition) is 2. The van der Waals surface area contributed by atoms with Gasteiger partial charge in [0.1, 0.15) is 5.82 Å². The quantitative estimate of drug-likeness (QED) is 0.927. The van der Waals surface area contributed by atoms with E-state index in [1.165, 1.54) is 6.07 Å². The summed E-state index contributed by atoms with van der Waals surface area (Å²) in [5.74, 6) is -0.630. The molecular formula is C18H27FN2O. The highest BCUT2D eigenvalue weighted by molar-refractivity contribution is 5.94. The smallest absolute Gasteiger partial charge is 0.256 e. The van der Waals surface area contributed by atoms with Crippen molar-refractivity contribution in [1.82, 2.24) is 10.2 Å². The predicted octanol–water partition coefficient (Wildman–Crippen LogP) is 3.45. The number of carbonyl (C=O) groups excluding carboxylic acids is 1. The number of nitrogens with zero attached hydrogens (tertiary/aromatic N) is 1. The van der Waals surface area contributed by atoms with Crippen LogP contribution in [0.25, 0.3) is 0 Å². The molecule has 0 aliphatic carbocycles. The highest BCUT2D eigenvalue weighted by Gasteiger charge is 2.28. The van der Waals surface area contributed by atoms with E-state index in [4.69, 9.17) is 0 Å². The van der Waals surface area contributed by atoms with Gasteiger partial charge in [-0.25, -0.2) is 4.39 Å². The van der Waals surface area contributed by atoms with Crippen LogP contribution in [0.3, 0.4) is 0 Å². The van der Waals surface area contributed by atoms with Crippen LogP contribution in [0.1, 0.15) is 50.9 Å². The number of likely N-dealkylation sites (tertiary alicyclic amines) is 1. The van der Waals surface area contributed by atoms with Crippen LogP contribution in [-0.2, 0) is 0 Å². The molecular weight excluding hydrogens is 279 g/mol. The molecule has 1 unspecified atom stereocenters. The third-order valence-corrected chi connectivity index (χ3v) is 4.67. The molecule has 1 amide bonds. The average molecular weight is 306 g/mol. The summed E-state index contributed by atoms with van der Waals surface area (Å²) in [4.78, 5) is 14.1. The summed E-state index contributed by atoms with van der Waals surface area (Å²) in [5.41, 5.74) is 0.400. The van der Waals surface area contributed by atoms with Crippen LogP contribution in [0, 0.1) is 11.2 Å². The van der Waals surface area contributed by atoms with Crippen molar-refractivity contribution in [3.05, 3.63) is 35.6 Å². The molecule has 1 heterocycles. The third-order valence-electron chi connectivity index (χ3n) is 4.67. The molecule has 0 aromatic heterocycles. The lowest BCUT2D eigenvalue weighted by Gasteiger charge is -2.37. The maximum Gasteiger partial charge on any atom is 0.256 e. The molecule has 0 saturated carbocycles. The van der Waals surface area contributed by atoms with Gasteiger partial charge in [-0.2, -0.15) is 0 Å². The summed E-state index contributed by atoms with van der Waals surface area (Å²) in [6, 6.07) is 7.06. The van der Waals surface area contributed by atoms with E-state index in [1.54, 1.807) is 23.1 Å². The second kappa shape index (κ2) is 6.78. The van der Waals surface area contributed by atoms with Gasteiger partial charge in [-0.3, -0.25) is 4.79 Å². The van der Waals surface area contributed by atoms with Crippen LogP contribution in [0.15, 0.2) is 24.3 Å².